The molecule has 0 aliphatic carbocycles. The van der Waals surface area contributed by atoms with E-state index in [0.717, 1.165) is 5.69 Å². The lowest BCUT2D eigenvalue weighted by Gasteiger charge is -2.19. The van der Waals surface area contributed by atoms with Gasteiger partial charge in [-0.05, 0) is 31.2 Å². The van der Waals surface area contributed by atoms with Gasteiger partial charge in [0.1, 0.15) is 0 Å². The second-order valence-corrected chi connectivity index (χ2v) is 4.09. The van der Waals surface area contributed by atoms with Gasteiger partial charge < -0.3 is 10.3 Å². The molecule has 0 radical (unpaired) electrons. The van der Waals surface area contributed by atoms with E-state index >= 15 is 0 Å². The molecule has 0 aliphatic heterocycles. The van der Waals surface area contributed by atoms with Crippen molar-refractivity contribution in [2.45, 2.75) is 13.5 Å². The molecule has 0 aromatic carbocycles. The van der Waals surface area contributed by atoms with Gasteiger partial charge in [-0.25, -0.2) is 5.84 Å². The van der Waals surface area contributed by atoms with Gasteiger partial charge in [0.15, 0.2) is 11.5 Å². The molecule has 0 unspecified atom stereocenters. The van der Waals surface area contributed by atoms with Crippen molar-refractivity contribution < 1.29 is 4.79 Å². The number of aromatic nitrogens is 3. The van der Waals surface area contributed by atoms with E-state index in [4.69, 9.17) is 5.84 Å². The molecule has 2 aromatic rings. The number of anilines is 1. The predicted molar refractivity (Wildman–Crippen MR) is 74.5 cm³/mol. The van der Waals surface area contributed by atoms with Crippen LogP contribution in [0.4, 0.5) is 5.82 Å². The number of carbonyl (C=O) groups is 1. The summed E-state index contributed by atoms with van der Waals surface area (Å²) in [5.41, 5.74) is 3.48. The molecule has 0 aliphatic rings. The average Bonchev–Trinajstić information content (AvgIpc) is 2.53. The third-order valence-electron chi connectivity index (χ3n) is 2.78. The van der Waals surface area contributed by atoms with Crippen molar-refractivity contribution in [3.05, 3.63) is 47.9 Å². The van der Waals surface area contributed by atoms with Crippen LogP contribution in [0.25, 0.3) is 0 Å². The molecule has 7 heteroatoms. The van der Waals surface area contributed by atoms with Crippen LogP contribution >= 0.6 is 0 Å². The number of amides is 1. The van der Waals surface area contributed by atoms with Gasteiger partial charge in [-0.15, -0.1) is 10.2 Å². The lowest BCUT2D eigenvalue weighted by Crippen LogP contribution is -2.31. The zero-order valence-corrected chi connectivity index (χ0v) is 11.2. The van der Waals surface area contributed by atoms with Crippen molar-refractivity contribution in [3.63, 3.8) is 0 Å². The molecule has 0 bridgehead atoms. The molecule has 0 spiro atoms. The van der Waals surface area contributed by atoms with Gasteiger partial charge in [0, 0.05) is 12.7 Å². The minimum Gasteiger partial charge on any atom is -0.332 e. The highest BCUT2D eigenvalue weighted by atomic mass is 16.2. The largest absolute Gasteiger partial charge is 0.332 e. The number of hydrogen-bond donors (Lipinski definition) is 2. The van der Waals surface area contributed by atoms with E-state index in [1.807, 2.05) is 25.1 Å². The fourth-order valence-electron chi connectivity index (χ4n) is 1.70. The summed E-state index contributed by atoms with van der Waals surface area (Å²) in [6, 6.07) is 8.80. The third-order valence-corrected chi connectivity index (χ3v) is 2.78. The number of hydrazine groups is 1. The third kappa shape index (κ3) is 3.27. The first kappa shape index (κ1) is 13.9. The van der Waals surface area contributed by atoms with E-state index in [9.17, 15) is 4.79 Å². The quantitative estimate of drug-likeness (QED) is 0.618. The minimum absolute atomic E-state index is 0.186. The number of rotatable bonds is 5. The molecule has 104 valence electrons. The summed E-state index contributed by atoms with van der Waals surface area (Å²) >= 11 is 0. The maximum absolute atomic E-state index is 12.3. The van der Waals surface area contributed by atoms with Gasteiger partial charge in [0.05, 0.1) is 12.2 Å². The normalized spacial score (nSPS) is 10.1. The molecule has 0 atom stereocenters. The van der Waals surface area contributed by atoms with Crippen LogP contribution < -0.4 is 11.3 Å². The van der Waals surface area contributed by atoms with Crippen LogP contribution in [0.15, 0.2) is 36.5 Å². The Labute approximate surface area is 116 Å². The van der Waals surface area contributed by atoms with Crippen molar-refractivity contribution in [1.82, 2.24) is 20.1 Å². The van der Waals surface area contributed by atoms with Crippen molar-refractivity contribution in [2.75, 3.05) is 12.0 Å². The van der Waals surface area contributed by atoms with Crippen LogP contribution in [0, 0.1) is 0 Å². The summed E-state index contributed by atoms with van der Waals surface area (Å²) in [5.74, 6) is 5.43. The van der Waals surface area contributed by atoms with Gasteiger partial charge in [-0.2, -0.15) is 0 Å². The Hall–Kier alpha value is -2.54. The molecule has 1 amide bonds. The SMILES string of the molecule is CCN(Cc1ccccn1)C(=O)c1ccc(NN)nn1. The van der Waals surface area contributed by atoms with Crippen LogP contribution in [0.5, 0.6) is 0 Å². The summed E-state index contributed by atoms with van der Waals surface area (Å²) < 4.78 is 0. The van der Waals surface area contributed by atoms with Crippen molar-refractivity contribution in [2.24, 2.45) is 5.84 Å². The Morgan fingerprint density at radius 3 is 2.70 bits per heavy atom. The van der Waals surface area contributed by atoms with Crippen molar-refractivity contribution >= 4 is 11.7 Å². The number of hydrogen-bond acceptors (Lipinski definition) is 6. The van der Waals surface area contributed by atoms with Gasteiger partial charge in [-0.3, -0.25) is 9.78 Å². The molecular weight excluding hydrogens is 256 g/mol. The average molecular weight is 272 g/mol. The Kier molecular flexibility index (Phi) is 4.56. The van der Waals surface area contributed by atoms with E-state index in [-0.39, 0.29) is 11.6 Å². The Bertz CT molecular complexity index is 557. The van der Waals surface area contributed by atoms with E-state index in [2.05, 4.69) is 20.6 Å². The van der Waals surface area contributed by atoms with Gasteiger partial charge in [0.25, 0.3) is 5.91 Å². The van der Waals surface area contributed by atoms with E-state index in [1.165, 1.54) is 0 Å². The molecule has 3 N–H and O–H groups in total. The van der Waals surface area contributed by atoms with Gasteiger partial charge >= 0.3 is 0 Å². The highest BCUT2D eigenvalue weighted by molar-refractivity contribution is 5.92. The topological polar surface area (TPSA) is 97.0 Å². The number of carbonyl (C=O) groups excluding carboxylic acids is 1. The maximum atomic E-state index is 12.3. The number of nitrogen functional groups attached to an aromatic ring is 1. The van der Waals surface area contributed by atoms with Crippen LogP contribution in [0.3, 0.4) is 0 Å². The lowest BCUT2D eigenvalue weighted by atomic mass is 10.3. The first-order valence-electron chi connectivity index (χ1n) is 6.24. The van der Waals surface area contributed by atoms with Crippen LogP contribution in [-0.2, 0) is 6.54 Å². The molecular formula is C13H16N6O. The summed E-state index contributed by atoms with van der Waals surface area (Å²) in [7, 11) is 0. The molecule has 0 saturated heterocycles. The van der Waals surface area contributed by atoms with Crippen molar-refractivity contribution in [1.29, 1.82) is 0 Å². The number of nitrogens with one attached hydrogen (secondary N) is 1. The standard InChI is InChI=1S/C13H16N6O/c1-2-19(9-10-5-3-4-8-15-10)13(20)11-6-7-12(16-14)18-17-11/h3-8H,2,9,14H2,1H3,(H,16,18). The first-order valence-corrected chi connectivity index (χ1v) is 6.24. The summed E-state index contributed by atoms with van der Waals surface area (Å²) in [6.07, 6.45) is 1.70. The number of nitrogens with two attached hydrogens (primary N) is 1. The van der Waals surface area contributed by atoms with Crippen LogP contribution in [-0.4, -0.2) is 32.5 Å². The van der Waals surface area contributed by atoms with Crippen molar-refractivity contribution in [3.8, 4) is 0 Å². The fourth-order valence-corrected chi connectivity index (χ4v) is 1.70. The number of pyridine rings is 1. The molecule has 2 rings (SSSR count). The molecule has 2 heterocycles. The van der Waals surface area contributed by atoms with Crippen LogP contribution in [0.2, 0.25) is 0 Å². The van der Waals surface area contributed by atoms with Gasteiger partial charge in [-0.1, -0.05) is 6.07 Å². The molecule has 20 heavy (non-hydrogen) atoms. The van der Waals surface area contributed by atoms with E-state index in [1.54, 1.807) is 23.2 Å². The zero-order chi connectivity index (χ0) is 14.4. The summed E-state index contributed by atoms with van der Waals surface area (Å²) in [5, 5.41) is 7.65. The second-order valence-electron chi connectivity index (χ2n) is 4.09. The maximum Gasteiger partial charge on any atom is 0.274 e. The summed E-state index contributed by atoms with van der Waals surface area (Å²) in [6.45, 7) is 2.91. The Morgan fingerprint density at radius 2 is 2.15 bits per heavy atom. The fraction of sp³-hybridized carbons (Fsp3) is 0.231. The highest BCUT2D eigenvalue weighted by Crippen LogP contribution is 2.07. The molecule has 0 fully saturated rings. The van der Waals surface area contributed by atoms with E-state index in [0.29, 0.717) is 18.9 Å². The number of nitrogens with zero attached hydrogens (tertiary/aromatic N) is 4. The van der Waals surface area contributed by atoms with Gasteiger partial charge in [0.2, 0.25) is 0 Å². The zero-order valence-electron chi connectivity index (χ0n) is 11.2. The first-order chi connectivity index (χ1) is 9.74. The van der Waals surface area contributed by atoms with E-state index < -0.39 is 0 Å². The Balaban J connectivity index is 2.12. The Morgan fingerprint density at radius 1 is 1.30 bits per heavy atom. The predicted octanol–water partition coefficient (Wildman–Crippen LogP) is 0.819. The molecule has 0 saturated carbocycles. The summed E-state index contributed by atoms with van der Waals surface area (Å²) in [4.78, 5) is 18.2. The van der Waals surface area contributed by atoms with Crippen LogP contribution in [0.1, 0.15) is 23.1 Å². The molecule has 2 aromatic heterocycles. The monoisotopic (exact) mass is 272 g/mol. The molecule has 7 nitrogen and oxygen atoms in total. The lowest BCUT2D eigenvalue weighted by molar-refractivity contribution is 0.0743. The highest BCUT2D eigenvalue weighted by Gasteiger charge is 2.16. The smallest absolute Gasteiger partial charge is 0.274 e. The minimum atomic E-state index is -0.186. The second kappa shape index (κ2) is 6.58.